The Labute approximate surface area is 175 Å². The number of ether oxygens (including phenoxy) is 1. The zero-order chi connectivity index (χ0) is 21.0. The number of carbonyl (C=O) groups excluding carboxylic acids is 3. The Morgan fingerprint density at radius 3 is 2.40 bits per heavy atom. The maximum absolute atomic E-state index is 12.9. The molecule has 0 radical (unpaired) electrons. The molecule has 2 fully saturated rings. The lowest BCUT2D eigenvalue weighted by molar-refractivity contribution is -0.134. The van der Waals surface area contributed by atoms with Gasteiger partial charge in [0.25, 0.3) is 5.91 Å². The number of anilines is 1. The summed E-state index contributed by atoms with van der Waals surface area (Å²) < 4.78 is 5.78. The summed E-state index contributed by atoms with van der Waals surface area (Å²) >= 11 is 0. The summed E-state index contributed by atoms with van der Waals surface area (Å²) in [5.74, 6) is 0.548. The number of nitrogens with zero attached hydrogens (tertiary/aromatic N) is 1. The Bertz CT molecular complexity index is 936. The molecule has 156 valence electrons. The van der Waals surface area contributed by atoms with Gasteiger partial charge in [-0.05, 0) is 37.1 Å². The van der Waals surface area contributed by atoms with Gasteiger partial charge >= 0.3 is 6.03 Å². The lowest BCUT2D eigenvalue weighted by atomic mass is 9.90. The van der Waals surface area contributed by atoms with Crippen LogP contribution >= 0.6 is 0 Å². The monoisotopic (exact) mass is 407 g/mol. The van der Waals surface area contributed by atoms with Gasteiger partial charge in [-0.1, -0.05) is 49.9 Å². The molecular weight excluding hydrogens is 382 g/mol. The van der Waals surface area contributed by atoms with Crippen LogP contribution in [-0.4, -0.2) is 34.8 Å². The Morgan fingerprint density at radius 2 is 1.67 bits per heavy atom. The van der Waals surface area contributed by atoms with Gasteiger partial charge in [-0.2, -0.15) is 0 Å². The number of rotatable bonds is 5. The van der Waals surface area contributed by atoms with Crippen LogP contribution in [0.15, 0.2) is 54.6 Å². The van der Waals surface area contributed by atoms with E-state index in [2.05, 4.69) is 10.6 Å². The molecule has 4 rings (SSSR count). The molecule has 4 amide bonds. The Morgan fingerprint density at radius 1 is 0.967 bits per heavy atom. The average Bonchev–Trinajstić information content (AvgIpc) is 2.90. The highest BCUT2D eigenvalue weighted by atomic mass is 16.5. The molecule has 1 saturated carbocycles. The summed E-state index contributed by atoms with van der Waals surface area (Å²) in [6, 6.07) is 15.8. The molecular formula is C23H25N3O4. The molecule has 30 heavy (non-hydrogen) atoms. The quantitative estimate of drug-likeness (QED) is 0.732. The minimum Gasteiger partial charge on any atom is -0.457 e. The van der Waals surface area contributed by atoms with E-state index >= 15 is 0 Å². The summed E-state index contributed by atoms with van der Waals surface area (Å²) in [6.45, 7) is -0.309. The fraction of sp³-hybridized carbons (Fsp3) is 0.348. The van der Waals surface area contributed by atoms with Crippen LogP contribution < -0.4 is 15.4 Å². The van der Waals surface area contributed by atoms with E-state index in [-0.39, 0.29) is 12.5 Å². The minimum absolute atomic E-state index is 0.286. The Hall–Kier alpha value is -3.35. The molecule has 0 aromatic heterocycles. The zero-order valence-corrected chi connectivity index (χ0v) is 16.7. The lowest BCUT2D eigenvalue weighted by Crippen LogP contribution is -2.47. The van der Waals surface area contributed by atoms with E-state index in [4.69, 9.17) is 4.74 Å². The van der Waals surface area contributed by atoms with Gasteiger partial charge < -0.3 is 15.4 Å². The molecule has 2 aromatic carbocycles. The molecule has 2 aromatic rings. The number of amides is 4. The second-order valence-electron chi connectivity index (χ2n) is 7.81. The van der Waals surface area contributed by atoms with Gasteiger partial charge in [-0.25, -0.2) is 4.79 Å². The summed E-state index contributed by atoms with van der Waals surface area (Å²) in [6.07, 6.45) is 5.20. The van der Waals surface area contributed by atoms with Crippen LogP contribution in [0.25, 0.3) is 0 Å². The van der Waals surface area contributed by atoms with Gasteiger partial charge in [0, 0.05) is 11.8 Å². The van der Waals surface area contributed by atoms with Gasteiger partial charge in [0.1, 0.15) is 23.6 Å². The summed E-state index contributed by atoms with van der Waals surface area (Å²) in [5, 5.41) is 5.60. The van der Waals surface area contributed by atoms with Crippen molar-refractivity contribution in [1.29, 1.82) is 0 Å². The fourth-order valence-electron chi connectivity index (χ4n) is 4.10. The van der Waals surface area contributed by atoms with E-state index in [9.17, 15) is 14.4 Å². The molecule has 1 aliphatic heterocycles. The molecule has 7 heteroatoms. The van der Waals surface area contributed by atoms with Crippen molar-refractivity contribution in [2.24, 2.45) is 0 Å². The number of hydrogen-bond donors (Lipinski definition) is 2. The molecule has 0 unspecified atom stereocenters. The van der Waals surface area contributed by atoms with Crippen molar-refractivity contribution in [2.75, 3.05) is 11.9 Å². The number of imide groups is 1. The van der Waals surface area contributed by atoms with Crippen molar-refractivity contribution in [3.63, 3.8) is 0 Å². The largest absolute Gasteiger partial charge is 0.457 e. The normalized spacial score (nSPS) is 18.1. The highest BCUT2D eigenvalue weighted by Crippen LogP contribution is 2.32. The third kappa shape index (κ3) is 4.30. The number of nitrogens with one attached hydrogen (secondary N) is 2. The molecule has 1 heterocycles. The first-order valence-electron chi connectivity index (χ1n) is 10.3. The van der Waals surface area contributed by atoms with Gasteiger partial charge in [-0.15, -0.1) is 0 Å². The second-order valence-corrected chi connectivity index (χ2v) is 7.81. The van der Waals surface area contributed by atoms with Crippen LogP contribution in [0.3, 0.4) is 0 Å². The van der Waals surface area contributed by atoms with E-state index in [0.717, 1.165) is 30.6 Å². The maximum atomic E-state index is 12.9. The van der Waals surface area contributed by atoms with E-state index < -0.39 is 17.5 Å². The second kappa shape index (κ2) is 8.57. The first-order valence-corrected chi connectivity index (χ1v) is 10.3. The lowest BCUT2D eigenvalue weighted by Gasteiger charge is -2.24. The molecule has 1 saturated heterocycles. The highest BCUT2D eigenvalue weighted by Gasteiger charge is 2.51. The molecule has 7 nitrogen and oxygen atoms in total. The van der Waals surface area contributed by atoms with Gasteiger partial charge in [0.2, 0.25) is 5.91 Å². The maximum Gasteiger partial charge on any atom is 0.325 e. The van der Waals surface area contributed by atoms with Crippen molar-refractivity contribution in [2.45, 2.75) is 44.1 Å². The zero-order valence-electron chi connectivity index (χ0n) is 16.7. The predicted octanol–water partition coefficient (Wildman–Crippen LogP) is 4.06. The third-order valence-electron chi connectivity index (χ3n) is 5.60. The summed E-state index contributed by atoms with van der Waals surface area (Å²) in [7, 11) is 0. The van der Waals surface area contributed by atoms with Crippen LogP contribution in [0.4, 0.5) is 10.5 Å². The fourth-order valence-corrected chi connectivity index (χ4v) is 4.10. The molecule has 2 aliphatic rings. The van der Waals surface area contributed by atoms with Crippen molar-refractivity contribution in [1.82, 2.24) is 10.2 Å². The molecule has 1 aliphatic carbocycles. The minimum atomic E-state index is -0.836. The summed E-state index contributed by atoms with van der Waals surface area (Å²) in [4.78, 5) is 38.9. The van der Waals surface area contributed by atoms with Crippen molar-refractivity contribution in [3.8, 4) is 11.5 Å². The predicted molar refractivity (Wildman–Crippen MR) is 112 cm³/mol. The van der Waals surface area contributed by atoms with Crippen LogP contribution in [0.1, 0.15) is 38.5 Å². The van der Waals surface area contributed by atoms with Gasteiger partial charge in [-0.3, -0.25) is 14.5 Å². The third-order valence-corrected chi connectivity index (χ3v) is 5.60. The van der Waals surface area contributed by atoms with E-state index in [1.807, 2.05) is 30.3 Å². The van der Waals surface area contributed by atoms with Crippen LogP contribution in [0.2, 0.25) is 0 Å². The number of hydrogen-bond acceptors (Lipinski definition) is 4. The molecule has 0 bridgehead atoms. The van der Waals surface area contributed by atoms with Crippen LogP contribution in [0.5, 0.6) is 11.5 Å². The molecule has 1 spiro atoms. The number of para-hydroxylation sites is 1. The van der Waals surface area contributed by atoms with Crippen LogP contribution in [-0.2, 0) is 9.59 Å². The smallest absolute Gasteiger partial charge is 0.325 e. The first-order chi connectivity index (χ1) is 14.6. The number of benzene rings is 2. The van der Waals surface area contributed by atoms with Crippen LogP contribution in [0, 0.1) is 0 Å². The van der Waals surface area contributed by atoms with E-state index in [1.54, 1.807) is 24.3 Å². The summed E-state index contributed by atoms with van der Waals surface area (Å²) in [5.41, 5.74) is -0.304. The van der Waals surface area contributed by atoms with Gasteiger partial charge in [0.05, 0.1) is 0 Å². The standard InChI is InChI=1S/C23H25N3O4/c27-20(16-26-21(28)23(25-22(26)29)13-6-1-2-7-14-23)24-17-9-8-12-19(15-17)30-18-10-4-3-5-11-18/h3-5,8-12,15H,1-2,6-7,13-14,16H2,(H,24,27)(H,25,29). The van der Waals surface area contributed by atoms with E-state index in [1.165, 1.54) is 0 Å². The van der Waals surface area contributed by atoms with E-state index in [0.29, 0.717) is 30.0 Å². The topological polar surface area (TPSA) is 87.7 Å². The first kappa shape index (κ1) is 19.9. The van der Waals surface area contributed by atoms with Crippen molar-refractivity contribution >= 4 is 23.5 Å². The highest BCUT2D eigenvalue weighted by molar-refractivity contribution is 6.10. The molecule has 2 N–H and O–H groups in total. The number of carbonyl (C=O) groups is 3. The van der Waals surface area contributed by atoms with Crippen molar-refractivity contribution in [3.05, 3.63) is 54.6 Å². The number of urea groups is 1. The average molecular weight is 407 g/mol. The Kier molecular flexibility index (Phi) is 5.70. The SMILES string of the molecule is O=C(CN1C(=O)NC2(CCCCCC2)C1=O)Nc1cccc(Oc2ccccc2)c1. The van der Waals surface area contributed by atoms with Gasteiger partial charge in [0.15, 0.2) is 0 Å². The van der Waals surface area contributed by atoms with Crippen molar-refractivity contribution < 1.29 is 19.1 Å². The Balaban J connectivity index is 1.39. The molecule has 0 atom stereocenters.